The molecule has 0 fully saturated rings. The molecule has 11 nitrogen and oxygen atoms in total. The third-order valence-corrected chi connectivity index (χ3v) is 4.77. The lowest BCUT2D eigenvalue weighted by molar-refractivity contribution is -0.407. The SMILES string of the molecule is CC(C)S(=O)(=O)c1c([N+](=O)[O-])cc([N+](=O)[O-])cc1[N+](=O)[O-]. The fraction of sp³-hybridized carbons (Fsp3) is 0.333. The summed E-state index contributed by atoms with van der Waals surface area (Å²) in [7, 11) is -4.38. The van der Waals surface area contributed by atoms with E-state index in [4.69, 9.17) is 0 Å². The van der Waals surface area contributed by atoms with E-state index < -0.39 is 51.8 Å². The van der Waals surface area contributed by atoms with E-state index in [1.165, 1.54) is 13.8 Å². The molecule has 12 heteroatoms. The van der Waals surface area contributed by atoms with E-state index >= 15 is 0 Å². The van der Waals surface area contributed by atoms with Crippen LogP contribution in [0.2, 0.25) is 0 Å². The molecule has 0 aliphatic rings. The summed E-state index contributed by atoms with van der Waals surface area (Å²) < 4.78 is 24.2. The maximum atomic E-state index is 12.1. The van der Waals surface area contributed by atoms with Crippen LogP contribution in [0.15, 0.2) is 17.0 Å². The molecule has 0 amide bonds. The fourth-order valence-corrected chi connectivity index (χ4v) is 2.81. The number of sulfone groups is 1. The van der Waals surface area contributed by atoms with Crippen LogP contribution in [0.4, 0.5) is 17.1 Å². The van der Waals surface area contributed by atoms with Crippen LogP contribution in [-0.2, 0) is 9.84 Å². The number of rotatable bonds is 5. The molecular weight excluding hydrogens is 310 g/mol. The van der Waals surface area contributed by atoms with Crippen molar-refractivity contribution in [3.63, 3.8) is 0 Å². The van der Waals surface area contributed by atoms with Gasteiger partial charge in [-0.1, -0.05) is 0 Å². The molecule has 0 spiro atoms. The molecule has 1 rings (SSSR count). The van der Waals surface area contributed by atoms with E-state index in [0.717, 1.165) is 0 Å². The molecule has 114 valence electrons. The maximum absolute atomic E-state index is 12.1. The Labute approximate surface area is 117 Å². The Balaban J connectivity index is 3.97. The van der Waals surface area contributed by atoms with Gasteiger partial charge in [0.05, 0.1) is 32.2 Å². The Kier molecular flexibility index (Phi) is 4.22. The Morgan fingerprint density at radius 2 is 1.29 bits per heavy atom. The van der Waals surface area contributed by atoms with E-state index in [-0.39, 0.29) is 0 Å². The Morgan fingerprint density at radius 1 is 0.905 bits per heavy atom. The smallest absolute Gasteiger partial charge is 0.258 e. The Morgan fingerprint density at radius 3 is 1.52 bits per heavy atom. The molecule has 0 saturated carbocycles. The van der Waals surface area contributed by atoms with Crippen molar-refractivity contribution in [2.24, 2.45) is 0 Å². The lowest BCUT2D eigenvalue weighted by Gasteiger charge is -2.08. The van der Waals surface area contributed by atoms with Crippen LogP contribution in [0.3, 0.4) is 0 Å². The van der Waals surface area contributed by atoms with Gasteiger partial charge in [-0.25, -0.2) is 8.42 Å². The topological polar surface area (TPSA) is 164 Å². The second-order valence-corrected chi connectivity index (χ2v) is 6.62. The minimum atomic E-state index is -4.38. The van der Waals surface area contributed by atoms with Gasteiger partial charge in [-0.05, 0) is 13.8 Å². The zero-order valence-corrected chi connectivity index (χ0v) is 11.6. The molecule has 1 aromatic carbocycles. The lowest BCUT2D eigenvalue weighted by atomic mass is 10.2. The lowest BCUT2D eigenvalue weighted by Crippen LogP contribution is -2.17. The van der Waals surface area contributed by atoms with Gasteiger partial charge in [-0.2, -0.15) is 0 Å². The summed E-state index contributed by atoms with van der Waals surface area (Å²) in [5, 5.41) is 31.4. The number of hydrogen-bond donors (Lipinski definition) is 0. The highest BCUT2D eigenvalue weighted by molar-refractivity contribution is 7.92. The molecule has 0 aliphatic heterocycles. The van der Waals surface area contributed by atoms with Crippen molar-refractivity contribution in [3.8, 4) is 0 Å². The molecule has 0 radical (unpaired) electrons. The summed E-state index contributed by atoms with van der Waals surface area (Å²) in [5.41, 5.74) is -3.31. The molecule has 0 atom stereocenters. The van der Waals surface area contributed by atoms with E-state index in [1.807, 2.05) is 0 Å². The predicted octanol–water partition coefficient (Wildman–Crippen LogP) is 1.59. The van der Waals surface area contributed by atoms with Crippen molar-refractivity contribution < 1.29 is 23.2 Å². The second kappa shape index (κ2) is 5.40. The Bertz CT molecular complexity index is 704. The largest absolute Gasteiger partial charge is 0.301 e. The van der Waals surface area contributed by atoms with Crippen LogP contribution in [0, 0.1) is 30.3 Å². The summed E-state index contributed by atoms with van der Waals surface area (Å²) in [4.78, 5) is 27.9. The van der Waals surface area contributed by atoms with Crippen molar-refractivity contribution in [3.05, 3.63) is 42.5 Å². The number of hydrogen-bond acceptors (Lipinski definition) is 8. The number of nitro groups is 3. The summed E-state index contributed by atoms with van der Waals surface area (Å²) in [6, 6.07) is 0.782. The van der Waals surface area contributed by atoms with Crippen molar-refractivity contribution in [2.75, 3.05) is 0 Å². The van der Waals surface area contributed by atoms with E-state index in [9.17, 15) is 38.8 Å². The van der Waals surface area contributed by atoms with Crippen LogP contribution in [-0.4, -0.2) is 28.4 Å². The van der Waals surface area contributed by atoms with Gasteiger partial charge in [0.1, 0.15) is 0 Å². The van der Waals surface area contributed by atoms with Crippen molar-refractivity contribution in [2.45, 2.75) is 24.0 Å². The molecule has 0 heterocycles. The molecule has 0 aromatic heterocycles. The van der Waals surface area contributed by atoms with Crippen molar-refractivity contribution >= 4 is 26.9 Å². The van der Waals surface area contributed by atoms with Crippen molar-refractivity contribution in [1.82, 2.24) is 0 Å². The number of benzene rings is 1. The van der Waals surface area contributed by atoms with Crippen LogP contribution in [0.25, 0.3) is 0 Å². The van der Waals surface area contributed by atoms with E-state index in [0.29, 0.717) is 12.1 Å². The molecule has 0 aliphatic carbocycles. The molecule has 0 saturated heterocycles. The zero-order chi connectivity index (χ0) is 16.5. The van der Waals surface area contributed by atoms with Crippen LogP contribution in [0.5, 0.6) is 0 Å². The van der Waals surface area contributed by atoms with Crippen LogP contribution < -0.4 is 0 Å². The van der Waals surface area contributed by atoms with Crippen molar-refractivity contribution in [1.29, 1.82) is 0 Å². The van der Waals surface area contributed by atoms with E-state index in [1.54, 1.807) is 0 Å². The minimum absolute atomic E-state index is 0.391. The third-order valence-electron chi connectivity index (χ3n) is 2.54. The van der Waals surface area contributed by atoms with Gasteiger partial charge in [0, 0.05) is 0 Å². The maximum Gasteiger partial charge on any atom is 0.301 e. The quantitative estimate of drug-likeness (QED) is 0.583. The zero-order valence-electron chi connectivity index (χ0n) is 10.7. The average Bonchev–Trinajstić information content (AvgIpc) is 2.36. The molecule has 0 bridgehead atoms. The monoisotopic (exact) mass is 319 g/mol. The molecule has 0 N–H and O–H groups in total. The van der Waals surface area contributed by atoms with Gasteiger partial charge in [-0.15, -0.1) is 0 Å². The average molecular weight is 319 g/mol. The van der Waals surface area contributed by atoms with Crippen LogP contribution >= 0.6 is 0 Å². The first-order chi connectivity index (χ1) is 9.50. The molecule has 1 aromatic rings. The Hall–Kier alpha value is -2.63. The summed E-state index contributed by atoms with van der Waals surface area (Å²) in [5.74, 6) is 0. The highest BCUT2D eigenvalue weighted by Crippen LogP contribution is 2.38. The minimum Gasteiger partial charge on any atom is -0.258 e. The van der Waals surface area contributed by atoms with Gasteiger partial charge in [0.25, 0.3) is 5.69 Å². The predicted molar refractivity (Wildman–Crippen MR) is 68.7 cm³/mol. The molecular formula is C9H9N3O8S. The van der Waals surface area contributed by atoms with Gasteiger partial charge < -0.3 is 0 Å². The summed E-state index contributed by atoms with van der Waals surface area (Å²) in [6.07, 6.45) is 0. The van der Waals surface area contributed by atoms with Gasteiger partial charge in [0.2, 0.25) is 4.90 Å². The standard InChI is InChI=1S/C9H9N3O8S/c1-5(2)21(19,20)9-7(11(15)16)3-6(10(13)14)4-8(9)12(17)18/h3-5H,1-2H3. The third kappa shape index (κ3) is 2.94. The first kappa shape index (κ1) is 16.4. The first-order valence-corrected chi connectivity index (χ1v) is 6.90. The highest BCUT2D eigenvalue weighted by atomic mass is 32.2. The molecule has 0 unspecified atom stereocenters. The highest BCUT2D eigenvalue weighted by Gasteiger charge is 2.39. The normalized spacial score (nSPS) is 11.4. The first-order valence-electron chi connectivity index (χ1n) is 5.35. The number of nitro benzene ring substituents is 3. The molecule has 21 heavy (non-hydrogen) atoms. The summed E-state index contributed by atoms with van der Waals surface area (Å²) in [6.45, 7) is 2.37. The van der Waals surface area contributed by atoms with Gasteiger partial charge >= 0.3 is 11.4 Å². The van der Waals surface area contributed by atoms with Gasteiger partial charge in [0.15, 0.2) is 9.84 Å². The second-order valence-electron chi connectivity index (χ2n) is 4.18. The number of non-ortho nitro benzene ring substituents is 1. The summed E-state index contributed by atoms with van der Waals surface area (Å²) >= 11 is 0. The van der Waals surface area contributed by atoms with Gasteiger partial charge in [-0.3, -0.25) is 30.3 Å². The number of nitrogens with zero attached hydrogens (tertiary/aromatic N) is 3. The van der Waals surface area contributed by atoms with E-state index in [2.05, 4.69) is 0 Å². The van der Waals surface area contributed by atoms with Crippen LogP contribution in [0.1, 0.15) is 13.8 Å². The fourth-order valence-electron chi connectivity index (χ4n) is 1.49.